The fourth-order valence-electron chi connectivity index (χ4n) is 3.38. The molecule has 0 saturated carbocycles. The molecule has 4 heteroatoms. The number of carbonyl (C=O) groups is 2. The van der Waals surface area contributed by atoms with Crippen LogP contribution >= 0.6 is 0 Å². The fourth-order valence-corrected chi connectivity index (χ4v) is 3.38. The van der Waals surface area contributed by atoms with Gasteiger partial charge in [0, 0.05) is 11.1 Å². The Balaban J connectivity index is 1.46. The molecule has 4 nitrogen and oxygen atoms in total. The van der Waals surface area contributed by atoms with Gasteiger partial charge in [0.2, 0.25) is 0 Å². The summed E-state index contributed by atoms with van der Waals surface area (Å²) in [5, 5.41) is 0. The normalized spacial score (nSPS) is 17.4. The minimum Gasteiger partial charge on any atom is -0.422 e. The third-order valence-corrected chi connectivity index (χ3v) is 4.76. The molecule has 0 fully saturated rings. The number of hydrogen-bond acceptors (Lipinski definition) is 4. The van der Waals surface area contributed by atoms with Crippen molar-refractivity contribution < 1.29 is 19.1 Å². The highest BCUT2D eigenvalue weighted by molar-refractivity contribution is 6.26. The summed E-state index contributed by atoms with van der Waals surface area (Å²) in [6, 6.07) is 22.3. The molecule has 0 radical (unpaired) electrons. The summed E-state index contributed by atoms with van der Waals surface area (Å²) in [6.45, 7) is 0. The Kier molecular flexibility index (Phi) is 3.69. The van der Waals surface area contributed by atoms with Crippen LogP contribution in [0.1, 0.15) is 22.3 Å². The molecule has 0 aliphatic carbocycles. The SMILES string of the molecule is O=C1Oc2ccccc2/C1=C/c1ccc(/C=C2\C(=O)Oc3ccccc32)cc1. The van der Waals surface area contributed by atoms with Crippen molar-refractivity contribution in [1.82, 2.24) is 0 Å². The standard InChI is InChI=1S/C24H14O4/c25-23-19(17-5-1-3-7-21(17)27-23)13-15-9-11-16(12-10-15)14-20-18-6-2-4-8-22(18)28-24(20)26/h1-14H/b19-13-,20-14-. The molecule has 3 aromatic rings. The lowest BCUT2D eigenvalue weighted by Gasteiger charge is -2.00. The van der Waals surface area contributed by atoms with Gasteiger partial charge >= 0.3 is 11.9 Å². The van der Waals surface area contributed by atoms with E-state index in [1.165, 1.54) is 0 Å². The van der Waals surface area contributed by atoms with E-state index in [-0.39, 0.29) is 11.9 Å². The molecular weight excluding hydrogens is 352 g/mol. The second kappa shape index (κ2) is 6.35. The smallest absolute Gasteiger partial charge is 0.344 e. The van der Waals surface area contributed by atoms with E-state index >= 15 is 0 Å². The molecule has 0 bridgehead atoms. The van der Waals surface area contributed by atoms with Crippen molar-refractivity contribution in [3.63, 3.8) is 0 Å². The van der Waals surface area contributed by atoms with Gasteiger partial charge in [-0.2, -0.15) is 0 Å². The van der Waals surface area contributed by atoms with Gasteiger partial charge in [0.1, 0.15) is 11.5 Å². The first-order chi connectivity index (χ1) is 13.7. The largest absolute Gasteiger partial charge is 0.422 e. The molecule has 28 heavy (non-hydrogen) atoms. The van der Waals surface area contributed by atoms with Crippen molar-refractivity contribution >= 4 is 35.2 Å². The maximum Gasteiger partial charge on any atom is 0.344 e. The molecule has 0 amide bonds. The van der Waals surface area contributed by atoms with Crippen LogP contribution in [0.5, 0.6) is 11.5 Å². The number of fused-ring (bicyclic) bond motifs is 2. The third kappa shape index (κ3) is 2.72. The van der Waals surface area contributed by atoms with Crippen LogP contribution in [0.4, 0.5) is 0 Å². The van der Waals surface area contributed by atoms with Crippen molar-refractivity contribution in [3.05, 3.63) is 95.1 Å². The molecule has 0 aromatic heterocycles. The quantitative estimate of drug-likeness (QED) is 0.378. The molecule has 3 aromatic carbocycles. The molecule has 2 aliphatic heterocycles. The summed E-state index contributed by atoms with van der Waals surface area (Å²) in [5.41, 5.74) is 4.42. The molecule has 5 rings (SSSR count). The Bertz CT molecular complexity index is 1090. The molecule has 0 unspecified atom stereocenters. The fraction of sp³-hybridized carbons (Fsp3) is 0. The molecular formula is C24H14O4. The number of rotatable bonds is 2. The number of para-hydroxylation sites is 2. The van der Waals surface area contributed by atoms with Gasteiger partial charge in [-0.25, -0.2) is 9.59 Å². The first kappa shape index (κ1) is 16.3. The van der Waals surface area contributed by atoms with E-state index in [1.54, 1.807) is 12.1 Å². The van der Waals surface area contributed by atoms with Gasteiger partial charge in [-0.1, -0.05) is 60.7 Å². The Hall–Kier alpha value is -3.92. The second-order valence-electron chi connectivity index (χ2n) is 6.55. The van der Waals surface area contributed by atoms with Gasteiger partial charge in [0.05, 0.1) is 11.1 Å². The van der Waals surface area contributed by atoms with Crippen LogP contribution in [0.3, 0.4) is 0 Å². The monoisotopic (exact) mass is 366 g/mol. The van der Waals surface area contributed by atoms with Crippen LogP contribution in [0.2, 0.25) is 0 Å². The summed E-state index contributed by atoms with van der Waals surface area (Å²) < 4.78 is 10.6. The van der Waals surface area contributed by atoms with Gasteiger partial charge < -0.3 is 9.47 Å². The first-order valence-electron chi connectivity index (χ1n) is 8.86. The van der Waals surface area contributed by atoms with E-state index in [4.69, 9.17) is 9.47 Å². The van der Waals surface area contributed by atoms with Crippen molar-refractivity contribution in [2.45, 2.75) is 0 Å². The lowest BCUT2D eigenvalue weighted by molar-refractivity contribution is -0.127. The van der Waals surface area contributed by atoms with Crippen LogP contribution in [0.25, 0.3) is 23.3 Å². The van der Waals surface area contributed by atoms with E-state index in [0.717, 1.165) is 22.3 Å². The van der Waals surface area contributed by atoms with Crippen molar-refractivity contribution in [2.24, 2.45) is 0 Å². The summed E-state index contributed by atoms with van der Waals surface area (Å²) in [6.07, 6.45) is 3.62. The third-order valence-electron chi connectivity index (χ3n) is 4.76. The summed E-state index contributed by atoms with van der Waals surface area (Å²) in [5.74, 6) is 0.465. The van der Waals surface area contributed by atoms with Crippen molar-refractivity contribution in [2.75, 3.05) is 0 Å². The molecule has 134 valence electrons. The average Bonchev–Trinajstić information content (AvgIpc) is 3.20. The Morgan fingerprint density at radius 2 is 0.929 bits per heavy atom. The number of esters is 2. The highest BCUT2D eigenvalue weighted by atomic mass is 16.5. The van der Waals surface area contributed by atoms with Gasteiger partial charge in [0.15, 0.2) is 0 Å². The van der Waals surface area contributed by atoms with E-state index in [0.29, 0.717) is 22.6 Å². The van der Waals surface area contributed by atoms with Crippen LogP contribution in [0.15, 0.2) is 72.8 Å². The highest BCUT2D eigenvalue weighted by Gasteiger charge is 2.27. The van der Waals surface area contributed by atoms with Crippen LogP contribution in [0, 0.1) is 0 Å². The summed E-state index contributed by atoms with van der Waals surface area (Å²) in [4.78, 5) is 24.3. The molecule has 2 heterocycles. The van der Waals surface area contributed by atoms with Crippen LogP contribution in [-0.2, 0) is 9.59 Å². The zero-order valence-electron chi connectivity index (χ0n) is 14.7. The van der Waals surface area contributed by atoms with Crippen LogP contribution in [-0.4, -0.2) is 11.9 Å². The highest BCUT2D eigenvalue weighted by Crippen LogP contribution is 2.36. The van der Waals surface area contributed by atoms with Gasteiger partial charge in [-0.15, -0.1) is 0 Å². The van der Waals surface area contributed by atoms with Gasteiger partial charge in [-0.05, 0) is 35.4 Å². The molecule has 0 N–H and O–H groups in total. The zero-order valence-corrected chi connectivity index (χ0v) is 14.7. The summed E-state index contributed by atoms with van der Waals surface area (Å²) in [7, 11) is 0. The molecule has 0 atom stereocenters. The molecule has 2 aliphatic rings. The van der Waals surface area contributed by atoms with E-state index in [1.807, 2.05) is 72.8 Å². The topological polar surface area (TPSA) is 52.6 Å². The molecule has 0 saturated heterocycles. The summed E-state index contributed by atoms with van der Waals surface area (Å²) >= 11 is 0. The maximum absolute atomic E-state index is 12.1. The number of carbonyl (C=O) groups excluding carboxylic acids is 2. The number of ether oxygens (including phenoxy) is 2. The number of hydrogen-bond donors (Lipinski definition) is 0. The van der Waals surface area contributed by atoms with Crippen molar-refractivity contribution in [3.8, 4) is 11.5 Å². The van der Waals surface area contributed by atoms with E-state index in [2.05, 4.69) is 0 Å². The predicted molar refractivity (Wildman–Crippen MR) is 106 cm³/mol. The van der Waals surface area contributed by atoms with E-state index < -0.39 is 0 Å². The number of benzene rings is 3. The average molecular weight is 366 g/mol. The lowest BCUT2D eigenvalue weighted by atomic mass is 10.0. The first-order valence-corrected chi connectivity index (χ1v) is 8.86. The minimum absolute atomic E-state index is 0.349. The van der Waals surface area contributed by atoms with Crippen LogP contribution < -0.4 is 9.47 Å². The van der Waals surface area contributed by atoms with Gasteiger partial charge in [0.25, 0.3) is 0 Å². The maximum atomic E-state index is 12.1. The van der Waals surface area contributed by atoms with E-state index in [9.17, 15) is 9.59 Å². The van der Waals surface area contributed by atoms with Gasteiger partial charge in [-0.3, -0.25) is 0 Å². The minimum atomic E-state index is -0.349. The zero-order chi connectivity index (χ0) is 19.1. The Morgan fingerprint density at radius 1 is 0.536 bits per heavy atom. The molecule has 0 spiro atoms. The lowest BCUT2D eigenvalue weighted by Crippen LogP contribution is -2.00. The Morgan fingerprint density at radius 3 is 1.36 bits per heavy atom. The van der Waals surface area contributed by atoms with Crippen molar-refractivity contribution in [1.29, 1.82) is 0 Å². The Labute approximate surface area is 161 Å². The second-order valence-corrected chi connectivity index (χ2v) is 6.55. The predicted octanol–water partition coefficient (Wildman–Crippen LogP) is 4.61.